The Morgan fingerprint density at radius 3 is 2.89 bits per heavy atom. The van der Waals surface area contributed by atoms with E-state index in [-0.39, 0.29) is 0 Å². The summed E-state index contributed by atoms with van der Waals surface area (Å²) < 4.78 is 5.56. The van der Waals surface area contributed by atoms with E-state index < -0.39 is 0 Å². The highest BCUT2D eigenvalue weighted by molar-refractivity contribution is 4.76. The molecule has 3 heteroatoms. The van der Waals surface area contributed by atoms with Crippen molar-refractivity contribution in [1.29, 1.82) is 0 Å². The summed E-state index contributed by atoms with van der Waals surface area (Å²) in [6.45, 7) is 13.6. The summed E-state index contributed by atoms with van der Waals surface area (Å²) >= 11 is 0. The highest BCUT2D eigenvalue weighted by Gasteiger charge is 2.21. The largest absolute Gasteiger partial charge is 0.379 e. The number of nitrogens with zero attached hydrogens (tertiary/aromatic N) is 1. The summed E-state index contributed by atoms with van der Waals surface area (Å²) in [7, 11) is 0. The van der Waals surface area contributed by atoms with Crippen LogP contribution in [0.2, 0.25) is 0 Å². The van der Waals surface area contributed by atoms with Crippen molar-refractivity contribution >= 4 is 0 Å². The average molecular weight is 256 g/mol. The lowest BCUT2D eigenvalue weighted by atomic mass is 10.1. The molecule has 0 bridgehead atoms. The van der Waals surface area contributed by atoms with Gasteiger partial charge in [0.1, 0.15) is 0 Å². The van der Waals surface area contributed by atoms with Crippen LogP contribution in [-0.4, -0.2) is 50.3 Å². The lowest BCUT2D eigenvalue weighted by Crippen LogP contribution is -2.27. The second kappa shape index (κ2) is 9.76. The molecule has 1 atom stereocenters. The van der Waals surface area contributed by atoms with Crippen LogP contribution < -0.4 is 5.32 Å². The third-order valence-electron chi connectivity index (χ3n) is 3.55. The molecule has 1 unspecified atom stereocenters. The molecular formula is C15H32N2O. The van der Waals surface area contributed by atoms with E-state index in [4.69, 9.17) is 4.74 Å². The van der Waals surface area contributed by atoms with Gasteiger partial charge in [-0.2, -0.15) is 0 Å². The van der Waals surface area contributed by atoms with Crippen LogP contribution in [0.25, 0.3) is 0 Å². The minimum absolute atomic E-state index is 0.380. The van der Waals surface area contributed by atoms with Gasteiger partial charge in [0.25, 0.3) is 0 Å². The van der Waals surface area contributed by atoms with Gasteiger partial charge >= 0.3 is 0 Å². The second-order valence-corrected chi connectivity index (χ2v) is 5.79. The zero-order valence-corrected chi connectivity index (χ0v) is 12.6. The van der Waals surface area contributed by atoms with Crippen LogP contribution in [-0.2, 0) is 4.74 Å². The molecule has 0 aromatic carbocycles. The molecule has 1 aliphatic rings. The van der Waals surface area contributed by atoms with Crippen molar-refractivity contribution in [2.24, 2.45) is 5.92 Å². The van der Waals surface area contributed by atoms with E-state index >= 15 is 0 Å². The van der Waals surface area contributed by atoms with Crippen molar-refractivity contribution in [2.75, 3.05) is 39.3 Å². The number of unbranched alkanes of at least 4 members (excludes halogenated alkanes) is 1. The number of hydrogen-bond donors (Lipinski definition) is 1. The number of nitrogens with one attached hydrogen (secondary N) is 1. The van der Waals surface area contributed by atoms with E-state index in [0.29, 0.717) is 6.10 Å². The number of rotatable bonds is 10. The smallest absolute Gasteiger partial charge is 0.0518 e. The quantitative estimate of drug-likeness (QED) is 0.608. The van der Waals surface area contributed by atoms with Crippen molar-refractivity contribution in [3.05, 3.63) is 0 Å². The van der Waals surface area contributed by atoms with E-state index in [1.54, 1.807) is 0 Å². The first-order chi connectivity index (χ1) is 8.72. The minimum atomic E-state index is 0.380. The van der Waals surface area contributed by atoms with Gasteiger partial charge in [0.15, 0.2) is 0 Å². The van der Waals surface area contributed by atoms with Gasteiger partial charge in [0, 0.05) is 13.2 Å². The molecular weight excluding hydrogens is 224 g/mol. The molecule has 0 radical (unpaired) electrons. The van der Waals surface area contributed by atoms with Gasteiger partial charge in [-0.15, -0.1) is 0 Å². The highest BCUT2D eigenvalue weighted by Crippen LogP contribution is 2.15. The Morgan fingerprint density at radius 1 is 1.33 bits per heavy atom. The Kier molecular flexibility index (Phi) is 8.64. The van der Waals surface area contributed by atoms with Crippen molar-refractivity contribution in [1.82, 2.24) is 10.2 Å². The first kappa shape index (κ1) is 15.9. The summed E-state index contributed by atoms with van der Waals surface area (Å²) in [6, 6.07) is 0. The summed E-state index contributed by atoms with van der Waals surface area (Å²) in [5.74, 6) is 0.878. The molecule has 1 heterocycles. The number of hydrogen-bond acceptors (Lipinski definition) is 3. The normalized spacial score (nSPS) is 21.0. The molecule has 108 valence electrons. The van der Waals surface area contributed by atoms with Crippen LogP contribution in [0.3, 0.4) is 0 Å². The maximum Gasteiger partial charge on any atom is 0.0518 e. The van der Waals surface area contributed by atoms with Gasteiger partial charge in [0.05, 0.1) is 6.10 Å². The monoisotopic (exact) mass is 256 g/mol. The number of likely N-dealkylation sites (tertiary alicyclic amines) is 1. The van der Waals surface area contributed by atoms with Crippen LogP contribution in [0.4, 0.5) is 0 Å². The summed E-state index contributed by atoms with van der Waals surface area (Å²) in [6.07, 6.45) is 5.48. The van der Waals surface area contributed by atoms with E-state index in [1.165, 1.54) is 58.4 Å². The lowest BCUT2D eigenvalue weighted by Gasteiger charge is -2.16. The van der Waals surface area contributed by atoms with Gasteiger partial charge < -0.3 is 15.0 Å². The highest BCUT2D eigenvalue weighted by atomic mass is 16.5. The topological polar surface area (TPSA) is 24.5 Å². The third kappa shape index (κ3) is 7.34. The summed E-state index contributed by atoms with van der Waals surface area (Å²) in [5.41, 5.74) is 0. The van der Waals surface area contributed by atoms with Crippen LogP contribution in [0, 0.1) is 5.92 Å². The Hall–Kier alpha value is -0.120. The van der Waals surface area contributed by atoms with E-state index in [1.807, 2.05) is 0 Å². The molecule has 18 heavy (non-hydrogen) atoms. The minimum Gasteiger partial charge on any atom is -0.379 e. The van der Waals surface area contributed by atoms with Gasteiger partial charge in [0.2, 0.25) is 0 Å². The van der Waals surface area contributed by atoms with Crippen molar-refractivity contribution < 1.29 is 4.74 Å². The SMILES string of the molecule is CCCNCC1CCN(CCCCOC(C)C)C1. The molecule has 1 fully saturated rings. The van der Waals surface area contributed by atoms with Crippen LogP contribution in [0.15, 0.2) is 0 Å². The fraction of sp³-hybridized carbons (Fsp3) is 1.00. The zero-order valence-electron chi connectivity index (χ0n) is 12.6. The van der Waals surface area contributed by atoms with Crippen LogP contribution in [0.5, 0.6) is 0 Å². The molecule has 0 aromatic heterocycles. The van der Waals surface area contributed by atoms with Gasteiger partial charge in [-0.1, -0.05) is 6.92 Å². The summed E-state index contributed by atoms with van der Waals surface area (Å²) in [5, 5.41) is 3.54. The van der Waals surface area contributed by atoms with E-state index in [9.17, 15) is 0 Å². The predicted octanol–water partition coefficient (Wildman–Crippen LogP) is 2.51. The molecule has 0 aromatic rings. The van der Waals surface area contributed by atoms with Gasteiger partial charge in [-0.25, -0.2) is 0 Å². The number of ether oxygens (including phenoxy) is 1. The Morgan fingerprint density at radius 2 is 2.17 bits per heavy atom. The zero-order chi connectivity index (χ0) is 13.2. The molecule has 0 amide bonds. The van der Waals surface area contributed by atoms with Crippen molar-refractivity contribution in [2.45, 2.75) is 52.6 Å². The first-order valence-electron chi connectivity index (χ1n) is 7.77. The molecule has 1 rings (SSSR count). The van der Waals surface area contributed by atoms with Crippen molar-refractivity contribution in [3.63, 3.8) is 0 Å². The molecule has 1 aliphatic heterocycles. The van der Waals surface area contributed by atoms with E-state index in [2.05, 4.69) is 31.0 Å². The summed E-state index contributed by atoms with van der Waals surface area (Å²) in [4.78, 5) is 2.62. The fourth-order valence-electron chi connectivity index (χ4n) is 2.52. The average Bonchev–Trinajstić information content (AvgIpc) is 2.77. The Labute approximate surface area is 113 Å². The second-order valence-electron chi connectivity index (χ2n) is 5.79. The Balaban J connectivity index is 1.94. The standard InChI is InChI=1S/C15H32N2O/c1-4-8-16-12-15-7-10-17(13-15)9-5-6-11-18-14(2)3/h14-16H,4-13H2,1-3H3. The maximum atomic E-state index is 5.56. The van der Waals surface area contributed by atoms with Crippen molar-refractivity contribution in [3.8, 4) is 0 Å². The molecule has 1 saturated heterocycles. The van der Waals surface area contributed by atoms with Crippen LogP contribution in [0.1, 0.15) is 46.5 Å². The maximum absolute atomic E-state index is 5.56. The molecule has 1 N–H and O–H groups in total. The molecule has 0 saturated carbocycles. The molecule has 0 spiro atoms. The fourth-order valence-corrected chi connectivity index (χ4v) is 2.52. The third-order valence-corrected chi connectivity index (χ3v) is 3.55. The Bertz CT molecular complexity index is 197. The first-order valence-corrected chi connectivity index (χ1v) is 7.77. The van der Waals surface area contributed by atoms with Crippen LogP contribution >= 0.6 is 0 Å². The van der Waals surface area contributed by atoms with Gasteiger partial charge in [-0.3, -0.25) is 0 Å². The molecule has 0 aliphatic carbocycles. The van der Waals surface area contributed by atoms with Gasteiger partial charge in [-0.05, 0) is 71.6 Å². The van der Waals surface area contributed by atoms with E-state index in [0.717, 1.165) is 12.5 Å². The molecule has 3 nitrogen and oxygen atoms in total. The predicted molar refractivity (Wildman–Crippen MR) is 78.0 cm³/mol. The lowest BCUT2D eigenvalue weighted by molar-refractivity contribution is 0.0746.